The highest BCUT2D eigenvalue weighted by atomic mass is 79.9. The third-order valence-electron chi connectivity index (χ3n) is 1.71. The van der Waals surface area contributed by atoms with Gasteiger partial charge in [0.2, 0.25) is 0 Å². The molecule has 1 rings (SSSR count). The van der Waals surface area contributed by atoms with Crippen LogP contribution in [0.1, 0.15) is 27.0 Å². The molecule has 0 radical (unpaired) electrons. The Labute approximate surface area is 103 Å². The number of hydrogen-bond acceptors (Lipinski definition) is 3. The molecular weight excluding hydrogens is 309 g/mol. The molecule has 0 atom stereocenters. The molecule has 90 valence electrons. The van der Waals surface area contributed by atoms with Gasteiger partial charge in [0.15, 0.2) is 0 Å². The summed E-state index contributed by atoms with van der Waals surface area (Å²) < 4.78 is 41.9. The van der Waals surface area contributed by atoms with Crippen molar-refractivity contribution in [1.82, 2.24) is 0 Å². The first-order valence-corrected chi connectivity index (χ1v) is 6.27. The summed E-state index contributed by atoms with van der Waals surface area (Å²) in [5.41, 5.74) is -0.0175. The third kappa shape index (κ3) is 2.98. The molecule has 0 aliphatic heterocycles. The molecule has 0 amide bonds. The fourth-order valence-corrected chi connectivity index (χ4v) is 2.56. The van der Waals surface area contributed by atoms with Crippen molar-refractivity contribution in [2.75, 3.05) is 6.61 Å². The standard InChI is InChI=1S/C9H8BrF3O2S/c1-2-15-8(14)5-3-7(9(11,12)13)16-6(5)4-10/h3H,2,4H2,1H3. The van der Waals surface area contributed by atoms with Gasteiger partial charge in [-0.15, -0.1) is 11.3 Å². The van der Waals surface area contributed by atoms with Crippen molar-refractivity contribution in [2.24, 2.45) is 0 Å². The molecule has 0 spiro atoms. The van der Waals surface area contributed by atoms with Crippen LogP contribution in [0.2, 0.25) is 0 Å². The van der Waals surface area contributed by atoms with Crippen molar-refractivity contribution in [3.63, 3.8) is 0 Å². The minimum absolute atomic E-state index is 0.0175. The Morgan fingerprint density at radius 1 is 1.56 bits per heavy atom. The highest BCUT2D eigenvalue weighted by molar-refractivity contribution is 9.08. The van der Waals surface area contributed by atoms with E-state index in [4.69, 9.17) is 0 Å². The normalized spacial score (nSPS) is 11.6. The van der Waals surface area contributed by atoms with Crippen LogP contribution < -0.4 is 0 Å². The fourth-order valence-electron chi connectivity index (χ4n) is 1.05. The van der Waals surface area contributed by atoms with Gasteiger partial charge in [0, 0.05) is 10.2 Å². The Bertz CT molecular complexity index is 387. The van der Waals surface area contributed by atoms with Gasteiger partial charge in [-0.1, -0.05) is 15.9 Å². The lowest BCUT2D eigenvalue weighted by molar-refractivity contribution is -0.134. The molecule has 16 heavy (non-hydrogen) atoms. The molecule has 0 bridgehead atoms. The number of carbonyl (C=O) groups is 1. The lowest BCUT2D eigenvalue weighted by Crippen LogP contribution is -2.06. The second-order valence-corrected chi connectivity index (χ2v) is 4.50. The molecule has 0 unspecified atom stereocenters. The zero-order valence-corrected chi connectivity index (χ0v) is 10.6. The largest absolute Gasteiger partial charge is 0.462 e. The summed E-state index contributed by atoms with van der Waals surface area (Å²) in [7, 11) is 0. The number of rotatable bonds is 3. The van der Waals surface area contributed by atoms with Crippen LogP contribution in [0.4, 0.5) is 13.2 Å². The molecular formula is C9H8BrF3O2S. The third-order valence-corrected chi connectivity index (χ3v) is 3.82. The van der Waals surface area contributed by atoms with Crippen molar-refractivity contribution < 1.29 is 22.7 Å². The van der Waals surface area contributed by atoms with E-state index in [1.165, 1.54) is 0 Å². The molecule has 0 aromatic carbocycles. The summed E-state index contributed by atoms with van der Waals surface area (Å²) in [5.74, 6) is -0.719. The second-order valence-electron chi connectivity index (χ2n) is 2.80. The lowest BCUT2D eigenvalue weighted by Gasteiger charge is -2.00. The Balaban J connectivity index is 3.09. The maximum atomic E-state index is 12.4. The molecule has 1 aromatic heterocycles. The predicted octanol–water partition coefficient (Wildman–Crippen LogP) is 3.84. The number of carbonyl (C=O) groups excluding carboxylic acids is 1. The van der Waals surface area contributed by atoms with Crippen LogP contribution in [0, 0.1) is 0 Å². The Hall–Kier alpha value is -0.560. The minimum Gasteiger partial charge on any atom is -0.462 e. The molecule has 0 N–H and O–H groups in total. The van der Waals surface area contributed by atoms with E-state index < -0.39 is 17.0 Å². The molecule has 2 nitrogen and oxygen atoms in total. The summed E-state index contributed by atoms with van der Waals surface area (Å²) in [6, 6.07) is 0.833. The highest BCUT2D eigenvalue weighted by Gasteiger charge is 2.34. The van der Waals surface area contributed by atoms with Crippen LogP contribution in [0.5, 0.6) is 0 Å². The van der Waals surface area contributed by atoms with Crippen LogP contribution in [-0.4, -0.2) is 12.6 Å². The van der Waals surface area contributed by atoms with Crippen LogP contribution in [0.15, 0.2) is 6.07 Å². The minimum atomic E-state index is -4.42. The Kier molecular flexibility index (Phi) is 4.37. The molecule has 7 heteroatoms. The summed E-state index contributed by atoms with van der Waals surface area (Å²) in [6.07, 6.45) is -4.42. The Morgan fingerprint density at radius 3 is 2.62 bits per heavy atom. The molecule has 0 fully saturated rings. The molecule has 1 aromatic rings. The van der Waals surface area contributed by atoms with Gasteiger partial charge in [0.1, 0.15) is 4.88 Å². The van der Waals surface area contributed by atoms with Crippen LogP contribution >= 0.6 is 27.3 Å². The first-order chi connectivity index (χ1) is 7.40. The van der Waals surface area contributed by atoms with E-state index in [0.717, 1.165) is 6.07 Å². The van der Waals surface area contributed by atoms with E-state index in [1.54, 1.807) is 6.92 Å². The number of halogens is 4. The first-order valence-electron chi connectivity index (χ1n) is 4.33. The number of esters is 1. The van der Waals surface area contributed by atoms with E-state index in [9.17, 15) is 18.0 Å². The van der Waals surface area contributed by atoms with Crippen LogP contribution in [-0.2, 0) is 16.2 Å². The molecule has 0 saturated carbocycles. The van der Waals surface area contributed by atoms with Crippen molar-refractivity contribution in [2.45, 2.75) is 18.4 Å². The van der Waals surface area contributed by atoms with Gasteiger partial charge in [-0.25, -0.2) is 4.79 Å². The van der Waals surface area contributed by atoms with Gasteiger partial charge in [0.05, 0.1) is 12.2 Å². The molecule has 1 heterocycles. The highest BCUT2D eigenvalue weighted by Crippen LogP contribution is 2.37. The summed E-state index contributed by atoms with van der Waals surface area (Å²) in [5, 5.41) is 0.196. The van der Waals surface area contributed by atoms with Crippen molar-refractivity contribution in [3.8, 4) is 0 Å². The number of thiophene rings is 1. The second kappa shape index (κ2) is 5.18. The van der Waals surface area contributed by atoms with Gasteiger partial charge in [-0.2, -0.15) is 13.2 Å². The summed E-state index contributed by atoms with van der Waals surface area (Å²) in [4.78, 5) is 10.9. The smallest absolute Gasteiger partial charge is 0.425 e. The van der Waals surface area contributed by atoms with Gasteiger partial charge in [-0.3, -0.25) is 0 Å². The fraction of sp³-hybridized carbons (Fsp3) is 0.444. The van der Waals surface area contributed by atoms with Crippen molar-refractivity contribution >= 4 is 33.2 Å². The maximum Gasteiger partial charge on any atom is 0.425 e. The lowest BCUT2D eigenvalue weighted by atomic mass is 10.2. The quantitative estimate of drug-likeness (QED) is 0.625. The van der Waals surface area contributed by atoms with Gasteiger partial charge in [0.25, 0.3) is 0 Å². The van der Waals surface area contributed by atoms with E-state index in [-0.39, 0.29) is 17.5 Å². The van der Waals surface area contributed by atoms with Gasteiger partial charge in [-0.05, 0) is 13.0 Å². The monoisotopic (exact) mass is 316 g/mol. The summed E-state index contributed by atoms with van der Waals surface area (Å²) >= 11 is 3.59. The average molecular weight is 317 g/mol. The molecule has 0 aliphatic rings. The average Bonchev–Trinajstić information content (AvgIpc) is 2.61. The SMILES string of the molecule is CCOC(=O)c1cc(C(F)(F)F)sc1CBr. The summed E-state index contributed by atoms with van der Waals surface area (Å²) in [6.45, 7) is 1.74. The van der Waals surface area contributed by atoms with Crippen LogP contribution in [0.25, 0.3) is 0 Å². The van der Waals surface area contributed by atoms with E-state index >= 15 is 0 Å². The Morgan fingerprint density at radius 2 is 2.19 bits per heavy atom. The van der Waals surface area contributed by atoms with E-state index in [0.29, 0.717) is 16.2 Å². The van der Waals surface area contributed by atoms with Crippen LogP contribution in [0.3, 0.4) is 0 Å². The van der Waals surface area contributed by atoms with Crippen molar-refractivity contribution in [3.05, 3.63) is 21.4 Å². The van der Waals surface area contributed by atoms with Gasteiger partial charge < -0.3 is 4.74 Å². The zero-order chi connectivity index (χ0) is 12.3. The number of ether oxygens (including phenoxy) is 1. The van der Waals surface area contributed by atoms with E-state index in [2.05, 4.69) is 20.7 Å². The topological polar surface area (TPSA) is 26.3 Å². The first kappa shape index (κ1) is 13.5. The molecule has 0 aliphatic carbocycles. The zero-order valence-electron chi connectivity index (χ0n) is 8.23. The maximum absolute atomic E-state index is 12.4. The number of hydrogen-bond donors (Lipinski definition) is 0. The predicted molar refractivity (Wildman–Crippen MR) is 57.9 cm³/mol. The molecule has 0 saturated heterocycles. The van der Waals surface area contributed by atoms with E-state index in [1.807, 2.05) is 0 Å². The number of alkyl halides is 4. The van der Waals surface area contributed by atoms with Crippen molar-refractivity contribution in [1.29, 1.82) is 0 Å². The van der Waals surface area contributed by atoms with Gasteiger partial charge >= 0.3 is 12.1 Å².